The fourth-order valence-corrected chi connectivity index (χ4v) is 3.69. The van der Waals surface area contributed by atoms with Crippen molar-refractivity contribution < 1.29 is 12.8 Å². The molecule has 0 radical (unpaired) electrons. The topological polar surface area (TPSA) is 85.1 Å². The second kappa shape index (κ2) is 6.79. The number of nitrogens with one attached hydrogen (secondary N) is 1. The Morgan fingerprint density at radius 1 is 1.17 bits per heavy atom. The Kier molecular flexibility index (Phi) is 4.76. The van der Waals surface area contributed by atoms with Crippen LogP contribution in [0, 0.1) is 0 Å². The summed E-state index contributed by atoms with van der Waals surface area (Å²) in [5, 5.41) is 10.2. The van der Waals surface area contributed by atoms with Gasteiger partial charge in [-0.3, -0.25) is 0 Å². The van der Waals surface area contributed by atoms with E-state index in [9.17, 15) is 8.42 Å². The highest BCUT2D eigenvalue weighted by Gasteiger charge is 2.15. The first-order chi connectivity index (χ1) is 11.0. The van der Waals surface area contributed by atoms with Crippen molar-refractivity contribution in [1.29, 1.82) is 0 Å². The van der Waals surface area contributed by atoms with Crippen molar-refractivity contribution in [2.75, 3.05) is 0 Å². The molecule has 0 saturated carbocycles. The molecule has 6 nitrogen and oxygen atoms in total. The van der Waals surface area contributed by atoms with Crippen molar-refractivity contribution in [3.8, 4) is 10.8 Å². The lowest BCUT2D eigenvalue weighted by atomic mass is 10.2. The molecular weight excluding hydrogens is 358 g/mol. The average molecular weight is 370 g/mol. The monoisotopic (exact) mass is 369 g/mol. The van der Waals surface area contributed by atoms with Crippen molar-refractivity contribution in [3.05, 3.63) is 58.3 Å². The molecule has 0 aliphatic carbocycles. The molecule has 0 atom stereocenters. The molecule has 0 amide bonds. The number of halogens is 1. The van der Waals surface area contributed by atoms with E-state index in [-0.39, 0.29) is 18.2 Å². The van der Waals surface area contributed by atoms with E-state index in [1.54, 1.807) is 24.3 Å². The van der Waals surface area contributed by atoms with E-state index in [1.165, 1.54) is 11.3 Å². The van der Waals surface area contributed by atoms with Gasteiger partial charge in [-0.15, -0.1) is 21.5 Å². The Balaban J connectivity index is 1.62. The highest BCUT2D eigenvalue weighted by atomic mass is 35.5. The van der Waals surface area contributed by atoms with E-state index >= 15 is 0 Å². The molecule has 0 fully saturated rings. The molecule has 2 heterocycles. The summed E-state index contributed by atoms with van der Waals surface area (Å²) in [6.45, 7) is -0.0473. The molecule has 3 aromatic rings. The van der Waals surface area contributed by atoms with Gasteiger partial charge < -0.3 is 4.42 Å². The van der Waals surface area contributed by atoms with Crippen molar-refractivity contribution in [1.82, 2.24) is 14.9 Å². The molecule has 9 heteroatoms. The van der Waals surface area contributed by atoms with Gasteiger partial charge in [0.15, 0.2) is 0 Å². The van der Waals surface area contributed by atoms with E-state index in [4.69, 9.17) is 16.0 Å². The van der Waals surface area contributed by atoms with Crippen LogP contribution in [0.5, 0.6) is 0 Å². The zero-order chi connectivity index (χ0) is 16.3. The average Bonchev–Trinajstić information content (AvgIpc) is 3.18. The third-order valence-corrected chi connectivity index (χ3v) is 5.32. The number of hydrogen-bond acceptors (Lipinski definition) is 6. The fourth-order valence-electron chi connectivity index (χ4n) is 1.85. The number of benzene rings is 1. The van der Waals surface area contributed by atoms with Gasteiger partial charge >= 0.3 is 0 Å². The largest absolute Gasteiger partial charge is 0.418 e. The third kappa shape index (κ3) is 4.38. The molecule has 2 aromatic heterocycles. The Morgan fingerprint density at radius 3 is 2.65 bits per heavy atom. The van der Waals surface area contributed by atoms with Gasteiger partial charge in [0.1, 0.15) is 0 Å². The number of aromatic nitrogens is 2. The summed E-state index contributed by atoms with van der Waals surface area (Å²) < 4.78 is 32.0. The van der Waals surface area contributed by atoms with Gasteiger partial charge in [-0.1, -0.05) is 29.8 Å². The summed E-state index contributed by atoms with van der Waals surface area (Å²) in [5.74, 6) is 0.454. The van der Waals surface area contributed by atoms with Crippen LogP contribution in [0.3, 0.4) is 0 Å². The first-order valence-electron chi connectivity index (χ1n) is 6.60. The van der Waals surface area contributed by atoms with Gasteiger partial charge in [0.05, 0.1) is 17.2 Å². The molecule has 23 heavy (non-hydrogen) atoms. The van der Waals surface area contributed by atoms with Crippen molar-refractivity contribution in [2.24, 2.45) is 0 Å². The van der Waals surface area contributed by atoms with Gasteiger partial charge in [0.2, 0.25) is 15.9 Å². The number of hydrogen-bond donors (Lipinski definition) is 1. The molecule has 0 bridgehead atoms. The second-order valence-corrected chi connectivity index (χ2v) is 7.88. The van der Waals surface area contributed by atoms with Crippen LogP contribution in [0.25, 0.3) is 10.8 Å². The first kappa shape index (κ1) is 16.1. The molecule has 0 saturated heterocycles. The van der Waals surface area contributed by atoms with Crippen molar-refractivity contribution >= 4 is 33.0 Å². The lowest BCUT2D eigenvalue weighted by Gasteiger charge is -2.04. The van der Waals surface area contributed by atoms with Gasteiger partial charge in [-0.2, -0.15) is 0 Å². The van der Waals surface area contributed by atoms with E-state index in [0.29, 0.717) is 16.5 Å². The minimum absolute atomic E-state index is 0.0473. The van der Waals surface area contributed by atoms with E-state index in [0.717, 1.165) is 4.88 Å². The number of sulfonamides is 1. The summed E-state index contributed by atoms with van der Waals surface area (Å²) >= 11 is 7.25. The van der Waals surface area contributed by atoms with Crippen LogP contribution in [0.1, 0.15) is 11.5 Å². The predicted molar refractivity (Wildman–Crippen MR) is 88.5 cm³/mol. The SMILES string of the molecule is O=S(=O)(Cc1ccc(Cl)cc1)NCc1nnc(-c2cccs2)o1. The zero-order valence-electron chi connectivity index (χ0n) is 11.8. The standard InChI is InChI=1S/C14H12ClN3O3S2/c15-11-5-3-10(4-6-11)9-23(19,20)16-8-13-17-18-14(21-13)12-2-1-7-22-12/h1-7,16H,8-9H2. The first-order valence-corrected chi connectivity index (χ1v) is 9.51. The van der Waals surface area contributed by atoms with Crippen LogP contribution in [0.15, 0.2) is 46.2 Å². The van der Waals surface area contributed by atoms with Crippen LogP contribution >= 0.6 is 22.9 Å². The van der Waals surface area contributed by atoms with Crippen LogP contribution in [0.4, 0.5) is 0 Å². The van der Waals surface area contributed by atoms with Gasteiger partial charge in [-0.25, -0.2) is 13.1 Å². The molecular formula is C14H12ClN3O3S2. The Morgan fingerprint density at radius 2 is 1.96 bits per heavy atom. The predicted octanol–water partition coefficient (Wildman–Crippen LogP) is 3.07. The van der Waals surface area contributed by atoms with E-state index in [1.807, 2.05) is 17.5 Å². The highest BCUT2D eigenvalue weighted by molar-refractivity contribution is 7.88. The van der Waals surface area contributed by atoms with Crippen molar-refractivity contribution in [2.45, 2.75) is 12.3 Å². The van der Waals surface area contributed by atoms with Crippen LogP contribution in [-0.2, 0) is 22.3 Å². The third-order valence-electron chi connectivity index (χ3n) is 2.91. The fraction of sp³-hybridized carbons (Fsp3) is 0.143. The second-order valence-electron chi connectivity index (χ2n) is 4.68. The number of nitrogens with zero attached hydrogens (tertiary/aromatic N) is 2. The van der Waals surface area contributed by atoms with Gasteiger partial charge in [0, 0.05) is 5.02 Å². The summed E-state index contributed by atoms with van der Waals surface area (Å²) in [6, 6.07) is 10.4. The zero-order valence-corrected chi connectivity index (χ0v) is 14.2. The molecule has 3 rings (SSSR count). The Labute approximate surface area is 142 Å². The van der Waals surface area contributed by atoms with Gasteiger partial charge in [-0.05, 0) is 29.1 Å². The van der Waals surface area contributed by atoms with Crippen LogP contribution in [-0.4, -0.2) is 18.6 Å². The van der Waals surface area contributed by atoms with Gasteiger partial charge in [0.25, 0.3) is 5.89 Å². The maximum absolute atomic E-state index is 12.1. The smallest absolute Gasteiger partial charge is 0.257 e. The van der Waals surface area contributed by atoms with E-state index < -0.39 is 10.0 Å². The summed E-state index contributed by atoms with van der Waals surface area (Å²) in [6.07, 6.45) is 0. The van der Waals surface area contributed by atoms with Crippen LogP contribution in [0.2, 0.25) is 5.02 Å². The summed E-state index contributed by atoms with van der Waals surface area (Å²) in [7, 11) is -3.51. The number of thiophene rings is 1. The highest BCUT2D eigenvalue weighted by Crippen LogP contribution is 2.22. The molecule has 0 aliphatic heterocycles. The molecule has 1 aromatic carbocycles. The lowest BCUT2D eigenvalue weighted by molar-refractivity contribution is 0.495. The summed E-state index contributed by atoms with van der Waals surface area (Å²) in [4.78, 5) is 0.841. The van der Waals surface area contributed by atoms with E-state index in [2.05, 4.69) is 14.9 Å². The van der Waals surface area contributed by atoms with Crippen molar-refractivity contribution in [3.63, 3.8) is 0 Å². The minimum atomic E-state index is -3.51. The molecule has 1 N–H and O–H groups in total. The summed E-state index contributed by atoms with van der Waals surface area (Å²) in [5.41, 5.74) is 0.645. The number of rotatable bonds is 6. The maximum atomic E-state index is 12.1. The molecule has 0 spiro atoms. The molecule has 0 unspecified atom stereocenters. The van der Waals surface area contributed by atoms with Crippen LogP contribution < -0.4 is 4.72 Å². The lowest BCUT2D eigenvalue weighted by Crippen LogP contribution is -2.24. The minimum Gasteiger partial charge on any atom is -0.418 e. The normalized spacial score (nSPS) is 11.7. The molecule has 0 aliphatic rings. The Hall–Kier alpha value is -1.74. The Bertz CT molecular complexity index is 874. The maximum Gasteiger partial charge on any atom is 0.257 e. The quantitative estimate of drug-likeness (QED) is 0.721. The molecule has 120 valence electrons.